The number of nitro benzene ring substituents is 1. The Hall–Kier alpha value is -3.76. The van der Waals surface area contributed by atoms with Gasteiger partial charge in [0.05, 0.1) is 28.6 Å². The van der Waals surface area contributed by atoms with Gasteiger partial charge in [-0.2, -0.15) is 5.10 Å². The molecule has 11 nitrogen and oxygen atoms in total. The molecule has 0 aliphatic rings. The average Bonchev–Trinajstić information content (AvgIpc) is 2.65. The number of hydrogen-bond acceptors (Lipinski definition) is 8. The monoisotopic (exact) mass is 460 g/mol. The van der Waals surface area contributed by atoms with Gasteiger partial charge in [-0.25, -0.2) is 9.89 Å². The van der Waals surface area contributed by atoms with Crippen LogP contribution in [0, 0.1) is 10.1 Å². The van der Waals surface area contributed by atoms with Gasteiger partial charge in [0, 0.05) is 12.1 Å². The molecule has 1 aromatic carbocycles. The summed E-state index contributed by atoms with van der Waals surface area (Å²) >= 11 is 0. The number of rotatable bonds is 6. The van der Waals surface area contributed by atoms with E-state index in [1.165, 1.54) is 30.3 Å². The van der Waals surface area contributed by atoms with Crippen LogP contribution in [0.25, 0.3) is 11.1 Å². The summed E-state index contributed by atoms with van der Waals surface area (Å²) in [6, 6.07) is 5.83. The molecule has 2 rings (SSSR count). The zero-order chi connectivity index (χ0) is 25.0. The Morgan fingerprint density at radius 3 is 2.18 bits per heavy atom. The minimum absolute atomic E-state index is 0.126. The van der Waals surface area contributed by atoms with E-state index in [1.54, 1.807) is 41.5 Å². The first-order chi connectivity index (χ1) is 15.1. The number of non-ortho nitro benzene ring substituents is 1. The summed E-state index contributed by atoms with van der Waals surface area (Å²) in [5, 5.41) is 19.8. The van der Waals surface area contributed by atoms with E-state index in [4.69, 9.17) is 9.47 Å². The lowest BCUT2D eigenvalue weighted by Gasteiger charge is -2.25. The first-order valence-electron chi connectivity index (χ1n) is 10.2. The normalized spacial score (nSPS) is 12.5. The van der Waals surface area contributed by atoms with Crippen molar-refractivity contribution >= 4 is 17.7 Å². The molecule has 1 aromatic heterocycles. The van der Waals surface area contributed by atoms with Crippen LogP contribution in [0.3, 0.4) is 0 Å². The van der Waals surface area contributed by atoms with E-state index in [9.17, 15) is 24.5 Å². The van der Waals surface area contributed by atoms with E-state index < -0.39 is 39.8 Å². The molecule has 1 amide bonds. The highest BCUT2D eigenvalue weighted by Crippen LogP contribution is 2.24. The zero-order valence-corrected chi connectivity index (χ0v) is 19.4. The second kappa shape index (κ2) is 9.80. The molecule has 0 radical (unpaired) electrons. The smallest absolute Gasteiger partial charge is 0.408 e. The van der Waals surface area contributed by atoms with Crippen molar-refractivity contribution in [2.45, 2.75) is 65.2 Å². The van der Waals surface area contributed by atoms with Gasteiger partial charge in [0.1, 0.15) is 11.2 Å². The van der Waals surface area contributed by atoms with E-state index in [-0.39, 0.29) is 23.4 Å². The number of esters is 1. The number of carbonyl (C=O) groups excluding carboxylic acids is 2. The summed E-state index contributed by atoms with van der Waals surface area (Å²) in [5.74, 6) is -0.589. The fourth-order valence-electron chi connectivity index (χ4n) is 2.81. The molecule has 0 saturated heterocycles. The molecule has 2 aromatic rings. The van der Waals surface area contributed by atoms with Crippen LogP contribution >= 0.6 is 0 Å². The average molecular weight is 460 g/mol. The molecule has 1 unspecified atom stereocenters. The molecule has 0 aliphatic heterocycles. The Bertz CT molecular complexity index is 1050. The molecule has 0 spiro atoms. The molecule has 0 fully saturated rings. The summed E-state index contributed by atoms with van der Waals surface area (Å²) in [6.07, 6.45) is -1.05. The summed E-state index contributed by atoms with van der Waals surface area (Å²) in [5.41, 5.74) is -1.44. The van der Waals surface area contributed by atoms with Gasteiger partial charge in [0.15, 0.2) is 0 Å². The topological polar surface area (TPSA) is 154 Å². The second-order valence-corrected chi connectivity index (χ2v) is 9.33. The van der Waals surface area contributed by atoms with Gasteiger partial charge in [-0.05, 0) is 65.3 Å². The molecule has 1 heterocycles. The Balaban J connectivity index is 2.41. The van der Waals surface area contributed by atoms with Crippen LogP contribution in [0.1, 0.15) is 59.7 Å². The zero-order valence-electron chi connectivity index (χ0n) is 19.4. The fourth-order valence-corrected chi connectivity index (χ4v) is 2.81. The number of benzene rings is 1. The Morgan fingerprint density at radius 2 is 1.67 bits per heavy atom. The van der Waals surface area contributed by atoms with E-state index in [0.29, 0.717) is 5.56 Å². The number of amides is 1. The van der Waals surface area contributed by atoms with Crippen molar-refractivity contribution in [3.63, 3.8) is 0 Å². The molecule has 11 heteroatoms. The highest BCUT2D eigenvalue weighted by atomic mass is 16.6. The molecule has 0 saturated carbocycles. The Kier molecular flexibility index (Phi) is 7.57. The molecule has 0 aliphatic carbocycles. The van der Waals surface area contributed by atoms with Gasteiger partial charge >= 0.3 is 12.1 Å². The van der Waals surface area contributed by atoms with Crippen molar-refractivity contribution in [2.24, 2.45) is 0 Å². The highest BCUT2D eigenvalue weighted by molar-refractivity contribution is 5.74. The second-order valence-electron chi connectivity index (χ2n) is 9.33. The van der Waals surface area contributed by atoms with Crippen molar-refractivity contribution in [3.05, 3.63) is 56.5 Å². The largest absolute Gasteiger partial charge is 0.460 e. The summed E-state index contributed by atoms with van der Waals surface area (Å²) in [6.45, 7) is 10.2. The summed E-state index contributed by atoms with van der Waals surface area (Å²) < 4.78 is 10.6. The predicted octanol–water partition coefficient (Wildman–Crippen LogP) is 3.64. The van der Waals surface area contributed by atoms with E-state index in [1.807, 2.05) is 0 Å². The number of carbonyl (C=O) groups is 2. The summed E-state index contributed by atoms with van der Waals surface area (Å²) in [4.78, 5) is 47.6. The Labute approximate surface area is 190 Å². The van der Waals surface area contributed by atoms with Gasteiger partial charge in [0.2, 0.25) is 0 Å². The molecule has 1 atom stereocenters. The maximum atomic E-state index is 12.5. The van der Waals surface area contributed by atoms with E-state index >= 15 is 0 Å². The van der Waals surface area contributed by atoms with E-state index in [2.05, 4.69) is 15.5 Å². The lowest BCUT2D eigenvalue weighted by Crippen LogP contribution is -2.37. The summed E-state index contributed by atoms with van der Waals surface area (Å²) in [7, 11) is 0. The number of aromatic nitrogens is 2. The minimum atomic E-state index is -0.969. The van der Waals surface area contributed by atoms with Crippen LogP contribution in [0.4, 0.5) is 10.5 Å². The minimum Gasteiger partial charge on any atom is -0.460 e. The number of aromatic amines is 1. The highest BCUT2D eigenvalue weighted by Gasteiger charge is 2.27. The van der Waals surface area contributed by atoms with Gasteiger partial charge in [-0.1, -0.05) is 0 Å². The van der Waals surface area contributed by atoms with Crippen LogP contribution in [-0.2, 0) is 14.3 Å². The lowest BCUT2D eigenvalue weighted by molar-refractivity contribution is -0.384. The standard InChI is InChI=1S/C22H28N4O7/c1-21(2,3)32-18(27)12-16(23-20(29)33-22(4,5)6)17-11-15(19(28)25-24-17)13-7-9-14(10-8-13)26(30)31/h7-11,16H,12H2,1-6H3,(H,23,29)(H,25,28). The molecule has 178 valence electrons. The third kappa shape index (κ3) is 8.02. The lowest BCUT2D eigenvalue weighted by atomic mass is 10.0. The number of alkyl carbamates (subject to hydrolysis) is 1. The Morgan fingerprint density at radius 1 is 1.09 bits per heavy atom. The third-order valence-corrected chi connectivity index (χ3v) is 4.05. The number of nitrogens with zero attached hydrogens (tertiary/aromatic N) is 2. The third-order valence-electron chi connectivity index (χ3n) is 4.05. The molecule has 33 heavy (non-hydrogen) atoms. The van der Waals surface area contributed by atoms with Crippen molar-refractivity contribution in [1.29, 1.82) is 0 Å². The van der Waals surface area contributed by atoms with E-state index in [0.717, 1.165) is 0 Å². The van der Waals surface area contributed by atoms with Crippen LogP contribution in [0.2, 0.25) is 0 Å². The van der Waals surface area contributed by atoms with Crippen molar-refractivity contribution < 1.29 is 24.0 Å². The number of nitrogens with one attached hydrogen (secondary N) is 2. The predicted molar refractivity (Wildman–Crippen MR) is 120 cm³/mol. The number of hydrogen-bond donors (Lipinski definition) is 2. The molecule has 0 bridgehead atoms. The van der Waals surface area contributed by atoms with Crippen molar-refractivity contribution in [3.8, 4) is 11.1 Å². The SMILES string of the molecule is CC(C)(C)OC(=O)CC(NC(=O)OC(C)(C)C)c1cc(-c2ccc([N+](=O)[O-])cc2)c(=O)[nH]n1. The number of ether oxygens (including phenoxy) is 2. The van der Waals surface area contributed by atoms with Crippen molar-refractivity contribution in [1.82, 2.24) is 15.5 Å². The maximum absolute atomic E-state index is 12.5. The number of nitro groups is 1. The molecular weight excluding hydrogens is 432 g/mol. The molecular formula is C22H28N4O7. The first kappa shape index (κ1) is 25.5. The van der Waals surface area contributed by atoms with Crippen molar-refractivity contribution in [2.75, 3.05) is 0 Å². The van der Waals surface area contributed by atoms with Crippen LogP contribution in [0.5, 0.6) is 0 Å². The van der Waals surface area contributed by atoms with Gasteiger partial charge in [-0.3, -0.25) is 19.7 Å². The van der Waals surface area contributed by atoms with Crippen LogP contribution < -0.4 is 10.9 Å². The first-order valence-corrected chi connectivity index (χ1v) is 10.2. The van der Waals surface area contributed by atoms with Gasteiger partial charge in [-0.15, -0.1) is 0 Å². The van der Waals surface area contributed by atoms with Gasteiger partial charge in [0.25, 0.3) is 11.2 Å². The number of H-pyrrole nitrogens is 1. The quantitative estimate of drug-likeness (QED) is 0.376. The van der Waals surface area contributed by atoms with Crippen LogP contribution in [-0.4, -0.2) is 38.4 Å². The maximum Gasteiger partial charge on any atom is 0.408 e. The van der Waals surface area contributed by atoms with Crippen LogP contribution in [0.15, 0.2) is 35.1 Å². The fraction of sp³-hybridized carbons (Fsp3) is 0.455. The molecule has 2 N–H and O–H groups in total. The van der Waals surface area contributed by atoms with Gasteiger partial charge < -0.3 is 14.8 Å².